The highest BCUT2D eigenvalue weighted by molar-refractivity contribution is 7.99. The van der Waals surface area contributed by atoms with E-state index in [2.05, 4.69) is 10.3 Å². The maximum atomic E-state index is 12.6. The van der Waals surface area contributed by atoms with E-state index in [1.165, 1.54) is 11.8 Å². The molecule has 2 atom stereocenters. The van der Waals surface area contributed by atoms with Crippen LogP contribution in [0.5, 0.6) is 0 Å². The predicted octanol–water partition coefficient (Wildman–Crippen LogP) is 2.21. The molecule has 2 unspecified atom stereocenters. The average Bonchev–Trinajstić information content (AvgIpc) is 2.32. The van der Waals surface area contributed by atoms with Crippen molar-refractivity contribution in [1.82, 2.24) is 4.98 Å². The number of nitrogens with two attached hydrogens (primary N) is 1. The molecule has 4 N–H and O–H groups in total. The fourth-order valence-corrected chi connectivity index (χ4v) is 2.15. The lowest BCUT2D eigenvalue weighted by molar-refractivity contribution is -0.141. The zero-order valence-corrected chi connectivity index (χ0v) is 11.3. The van der Waals surface area contributed by atoms with Crippen LogP contribution < -0.4 is 11.1 Å². The quantitative estimate of drug-likeness (QED) is 0.777. The summed E-state index contributed by atoms with van der Waals surface area (Å²) in [7, 11) is 0. The molecule has 0 saturated heterocycles. The Labute approximate surface area is 113 Å². The van der Waals surface area contributed by atoms with E-state index in [0.717, 1.165) is 12.3 Å². The number of halogens is 3. The summed E-state index contributed by atoms with van der Waals surface area (Å²) >= 11 is 1.42. The molecule has 0 bridgehead atoms. The number of nitrogens with zero attached hydrogens (tertiary/aromatic N) is 1. The maximum Gasteiger partial charge on any atom is 0.433 e. The molecule has 1 aromatic rings. The van der Waals surface area contributed by atoms with Crippen LogP contribution in [-0.4, -0.2) is 34.2 Å². The van der Waals surface area contributed by atoms with Crippen LogP contribution in [0.3, 0.4) is 0 Å². The van der Waals surface area contributed by atoms with E-state index in [1.807, 2.05) is 6.26 Å². The van der Waals surface area contributed by atoms with Gasteiger partial charge in [0, 0.05) is 11.3 Å². The van der Waals surface area contributed by atoms with Crippen molar-refractivity contribution in [3.05, 3.63) is 18.0 Å². The molecule has 0 spiro atoms. The van der Waals surface area contributed by atoms with Crippen LogP contribution in [-0.2, 0) is 6.18 Å². The van der Waals surface area contributed by atoms with Gasteiger partial charge in [-0.15, -0.1) is 0 Å². The standard InChI is InChI=1S/C11H16F3N3OS/c1-6(9(5-18)19-2)17-8-3-10(11(12,13)14)16-4-7(8)15/h3-4,6,9,18H,5,15H2,1-2H3,(H,16,17). The highest BCUT2D eigenvalue weighted by atomic mass is 32.2. The fraction of sp³-hybridized carbons (Fsp3) is 0.545. The smallest absolute Gasteiger partial charge is 0.396 e. The van der Waals surface area contributed by atoms with Crippen molar-refractivity contribution in [2.75, 3.05) is 23.9 Å². The van der Waals surface area contributed by atoms with Crippen LogP contribution in [0.2, 0.25) is 0 Å². The van der Waals surface area contributed by atoms with Gasteiger partial charge < -0.3 is 16.2 Å². The van der Waals surface area contributed by atoms with Crippen molar-refractivity contribution in [2.24, 2.45) is 0 Å². The van der Waals surface area contributed by atoms with E-state index < -0.39 is 11.9 Å². The molecular formula is C11H16F3N3OS. The second-order valence-corrected chi connectivity index (χ2v) is 5.12. The fourth-order valence-electron chi connectivity index (χ4n) is 1.52. The molecule has 1 heterocycles. The molecule has 0 aliphatic carbocycles. The summed E-state index contributed by atoms with van der Waals surface area (Å²) in [6.07, 6.45) is -1.72. The van der Waals surface area contributed by atoms with E-state index in [1.54, 1.807) is 6.92 Å². The van der Waals surface area contributed by atoms with Crippen LogP contribution in [0.1, 0.15) is 12.6 Å². The molecule has 1 aromatic heterocycles. The SMILES string of the molecule is CSC(CO)C(C)Nc1cc(C(F)(F)F)ncc1N. The van der Waals surface area contributed by atoms with E-state index in [-0.39, 0.29) is 29.3 Å². The number of anilines is 2. The van der Waals surface area contributed by atoms with Crippen LogP contribution >= 0.6 is 11.8 Å². The third kappa shape index (κ3) is 4.17. The maximum absolute atomic E-state index is 12.6. The van der Waals surface area contributed by atoms with E-state index >= 15 is 0 Å². The highest BCUT2D eigenvalue weighted by Gasteiger charge is 2.33. The minimum absolute atomic E-state index is 0.0769. The minimum atomic E-state index is -4.51. The van der Waals surface area contributed by atoms with Crippen molar-refractivity contribution >= 4 is 23.1 Å². The number of aliphatic hydroxyl groups excluding tert-OH is 1. The molecule has 0 radical (unpaired) electrons. The summed E-state index contributed by atoms with van der Waals surface area (Å²) in [6, 6.07) is 0.645. The number of hydrogen-bond donors (Lipinski definition) is 3. The number of alkyl halides is 3. The summed E-state index contributed by atoms with van der Waals surface area (Å²) in [5.74, 6) is 0. The largest absolute Gasteiger partial charge is 0.433 e. The number of aliphatic hydroxyl groups is 1. The molecule has 19 heavy (non-hydrogen) atoms. The molecular weight excluding hydrogens is 279 g/mol. The van der Waals surface area contributed by atoms with Crippen LogP contribution in [0.4, 0.5) is 24.5 Å². The third-order valence-corrected chi connectivity index (χ3v) is 3.81. The molecule has 108 valence electrons. The lowest BCUT2D eigenvalue weighted by Crippen LogP contribution is -2.31. The van der Waals surface area contributed by atoms with Gasteiger partial charge in [-0.1, -0.05) is 0 Å². The zero-order valence-electron chi connectivity index (χ0n) is 10.5. The Morgan fingerprint density at radius 2 is 2.16 bits per heavy atom. The Bertz CT molecular complexity index is 424. The topological polar surface area (TPSA) is 71.2 Å². The second kappa shape index (κ2) is 6.33. The van der Waals surface area contributed by atoms with Crippen LogP contribution in [0, 0.1) is 0 Å². The molecule has 0 saturated carbocycles. The number of thioether (sulfide) groups is 1. The van der Waals surface area contributed by atoms with Gasteiger partial charge in [-0.25, -0.2) is 4.98 Å². The molecule has 0 fully saturated rings. The predicted molar refractivity (Wildman–Crippen MR) is 71.1 cm³/mol. The van der Waals surface area contributed by atoms with Gasteiger partial charge in [0.05, 0.1) is 24.2 Å². The Morgan fingerprint density at radius 3 is 2.63 bits per heavy atom. The Hall–Kier alpha value is -1.15. The van der Waals surface area contributed by atoms with Gasteiger partial charge in [-0.05, 0) is 19.2 Å². The third-order valence-electron chi connectivity index (χ3n) is 2.65. The van der Waals surface area contributed by atoms with Gasteiger partial charge in [0.1, 0.15) is 5.69 Å². The van der Waals surface area contributed by atoms with Crippen LogP contribution in [0.15, 0.2) is 12.3 Å². The van der Waals surface area contributed by atoms with Gasteiger partial charge in [0.2, 0.25) is 0 Å². The Morgan fingerprint density at radius 1 is 1.53 bits per heavy atom. The summed E-state index contributed by atoms with van der Waals surface area (Å²) in [6.45, 7) is 1.69. The first-order valence-electron chi connectivity index (χ1n) is 5.52. The minimum Gasteiger partial charge on any atom is -0.396 e. The first kappa shape index (κ1) is 15.9. The van der Waals surface area contributed by atoms with Gasteiger partial charge >= 0.3 is 6.18 Å². The van der Waals surface area contributed by atoms with Gasteiger partial charge in [0.25, 0.3) is 0 Å². The normalized spacial score (nSPS) is 15.1. The molecule has 0 aliphatic rings. The number of nitrogens with one attached hydrogen (secondary N) is 1. The Kier molecular flexibility index (Phi) is 5.30. The van der Waals surface area contributed by atoms with Crippen molar-refractivity contribution in [3.63, 3.8) is 0 Å². The molecule has 1 rings (SSSR count). The first-order valence-corrected chi connectivity index (χ1v) is 6.81. The number of nitrogen functional groups attached to an aromatic ring is 1. The number of pyridine rings is 1. The van der Waals surface area contributed by atoms with Crippen molar-refractivity contribution in [3.8, 4) is 0 Å². The molecule has 8 heteroatoms. The van der Waals surface area contributed by atoms with Crippen LogP contribution in [0.25, 0.3) is 0 Å². The molecule has 0 aliphatic heterocycles. The average molecular weight is 295 g/mol. The lowest BCUT2D eigenvalue weighted by Gasteiger charge is -2.23. The van der Waals surface area contributed by atoms with Gasteiger partial charge in [-0.3, -0.25) is 0 Å². The van der Waals surface area contributed by atoms with Crippen molar-refractivity contribution in [2.45, 2.75) is 24.4 Å². The lowest BCUT2D eigenvalue weighted by atomic mass is 10.2. The summed E-state index contributed by atoms with van der Waals surface area (Å²) in [5, 5.41) is 11.9. The number of hydrogen-bond acceptors (Lipinski definition) is 5. The summed E-state index contributed by atoms with van der Waals surface area (Å²) in [5.41, 5.74) is 4.91. The van der Waals surface area contributed by atoms with Crippen molar-refractivity contribution < 1.29 is 18.3 Å². The van der Waals surface area contributed by atoms with Crippen molar-refractivity contribution in [1.29, 1.82) is 0 Å². The van der Waals surface area contributed by atoms with Gasteiger partial charge in [-0.2, -0.15) is 24.9 Å². The number of rotatable bonds is 5. The summed E-state index contributed by atoms with van der Waals surface area (Å²) < 4.78 is 37.7. The molecule has 0 aromatic carbocycles. The Balaban J connectivity index is 2.94. The number of aromatic nitrogens is 1. The van der Waals surface area contributed by atoms with Gasteiger partial charge in [0.15, 0.2) is 0 Å². The highest BCUT2D eigenvalue weighted by Crippen LogP contribution is 2.31. The van der Waals surface area contributed by atoms with E-state index in [0.29, 0.717) is 0 Å². The van der Waals surface area contributed by atoms with E-state index in [9.17, 15) is 13.2 Å². The molecule has 4 nitrogen and oxygen atoms in total. The first-order chi connectivity index (χ1) is 8.79. The summed E-state index contributed by atoms with van der Waals surface area (Å²) in [4.78, 5) is 3.26. The van der Waals surface area contributed by atoms with E-state index in [4.69, 9.17) is 10.8 Å². The zero-order chi connectivity index (χ0) is 14.6. The molecule has 0 amide bonds. The monoisotopic (exact) mass is 295 g/mol. The second-order valence-electron chi connectivity index (χ2n) is 4.04.